The molecule has 1 aromatic heterocycles. The summed E-state index contributed by atoms with van der Waals surface area (Å²) in [6.45, 7) is 1.80. The third-order valence-electron chi connectivity index (χ3n) is 5.48. The Hall–Kier alpha value is -3.98. The number of amides is 1. The van der Waals surface area contributed by atoms with Gasteiger partial charge in [0.15, 0.2) is 0 Å². The fourth-order valence-electron chi connectivity index (χ4n) is 3.93. The quantitative estimate of drug-likeness (QED) is 0.212. The van der Waals surface area contributed by atoms with Gasteiger partial charge in [-0.15, -0.1) is 0 Å². The van der Waals surface area contributed by atoms with E-state index in [1.165, 1.54) is 0 Å². The second-order valence-corrected chi connectivity index (χ2v) is 8.45. The minimum atomic E-state index is -4.94. The molecule has 0 fully saturated rings. The lowest BCUT2D eigenvalue weighted by Crippen LogP contribution is -2.22. The Morgan fingerprint density at radius 3 is 2.54 bits per heavy atom. The molecule has 10 heteroatoms. The van der Waals surface area contributed by atoms with Crippen LogP contribution in [-0.4, -0.2) is 5.91 Å². The third kappa shape index (κ3) is 5.56. The average molecular weight is 534 g/mol. The van der Waals surface area contributed by atoms with Gasteiger partial charge in [-0.3, -0.25) is 4.79 Å². The van der Waals surface area contributed by atoms with Crippen molar-refractivity contribution in [1.82, 2.24) is 0 Å². The highest BCUT2D eigenvalue weighted by molar-refractivity contribution is 6.31. The molecule has 3 aromatic carbocycles. The zero-order valence-electron chi connectivity index (χ0n) is 19.1. The second-order valence-electron chi connectivity index (χ2n) is 8.04. The fourth-order valence-corrected chi connectivity index (χ4v) is 4.08. The molecule has 0 bridgehead atoms. The van der Waals surface area contributed by atoms with Crippen LogP contribution in [0.4, 0.5) is 27.6 Å². The molecular weight excluding hydrogens is 517 g/mol. The smallest absolute Gasteiger partial charge is 0.418 e. The standard InChI is InChI=1S/C27H17ClF5NO3/c1-2-4-14-5-3-6-15(9-14)25-17-11-21(30)20(28)13-23(17)37-26(36)18(25)12-24(35)34-22-8-7-16(29)10-19(22)27(31,32)33/h2-11,13H,12H2,1H3,(H,34,35)/b4-2+. The fraction of sp³-hybridized carbons (Fsp3) is 0.111. The first-order valence-electron chi connectivity index (χ1n) is 10.8. The van der Waals surface area contributed by atoms with Gasteiger partial charge in [0.25, 0.3) is 0 Å². The Morgan fingerprint density at radius 2 is 1.84 bits per heavy atom. The van der Waals surface area contributed by atoms with Crippen molar-refractivity contribution < 1.29 is 31.2 Å². The zero-order chi connectivity index (χ0) is 26.9. The summed E-state index contributed by atoms with van der Waals surface area (Å²) >= 11 is 5.85. The molecule has 0 aliphatic rings. The highest BCUT2D eigenvalue weighted by atomic mass is 35.5. The number of carbonyl (C=O) groups excluding carboxylic acids is 1. The van der Waals surface area contributed by atoms with Gasteiger partial charge in [0.2, 0.25) is 5.91 Å². The lowest BCUT2D eigenvalue weighted by molar-refractivity contribution is -0.137. The maximum Gasteiger partial charge on any atom is 0.418 e. The summed E-state index contributed by atoms with van der Waals surface area (Å²) < 4.78 is 73.3. The van der Waals surface area contributed by atoms with Gasteiger partial charge < -0.3 is 9.73 Å². The summed E-state index contributed by atoms with van der Waals surface area (Å²) in [4.78, 5) is 25.8. The number of fused-ring (bicyclic) bond motifs is 1. The average Bonchev–Trinajstić information content (AvgIpc) is 2.82. The summed E-state index contributed by atoms with van der Waals surface area (Å²) in [5, 5.41) is 1.94. The van der Waals surface area contributed by atoms with Crippen molar-refractivity contribution in [1.29, 1.82) is 0 Å². The first-order chi connectivity index (χ1) is 17.5. The molecule has 0 spiro atoms. The van der Waals surface area contributed by atoms with Crippen molar-refractivity contribution in [3.8, 4) is 11.1 Å². The van der Waals surface area contributed by atoms with Crippen LogP contribution in [0.1, 0.15) is 23.6 Å². The molecule has 0 unspecified atom stereocenters. The summed E-state index contributed by atoms with van der Waals surface area (Å²) in [6.07, 6.45) is -2.08. The van der Waals surface area contributed by atoms with Gasteiger partial charge in [0, 0.05) is 17.0 Å². The van der Waals surface area contributed by atoms with Crippen LogP contribution in [0.2, 0.25) is 5.02 Å². The van der Waals surface area contributed by atoms with Crippen LogP contribution in [0, 0.1) is 11.6 Å². The Labute approximate surface area is 212 Å². The molecule has 4 rings (SSSR count). The Bertz CT molecular complexity index is 1610. The molecule has 37 heavy (non-hydrogen) atoms. The van der Waals surface area contributed by atoms with Crippen LogP contribution in [0.5, 0.6) is 0 Å². The zero-order valence-corrected chi connectivity index (χ0v) is 19.8. The monoisotopic (exact) mass is 533 g/mol. The van der Waals surface area contributed by atoms with Crippen molar-refractivity contribution in [3.05, 3.63) is 104 Å². The van der Waals surface area contributed by atoms with Crippen molar-refractivity contribution in [2.45, 2.75) is 19.5 Å². The maximum absolute atomic E-state index is 14.4. The summed E-state index contributed by atoms with van der Waals surface area (Å²) in [5.74, 6) is -2.93. The first-order valence-corrected chi connectivity index (χ1v) is 11.2. The number of benzene rings is 3. The van der Waals surface area contributed by atoms with E-state index >= 15 is 0 Å². The molecule has 0 atom stereocenters. The third-order valence-corrected chi connectivity index (χ3v) is 5.77. The van der Waals surface area contributed by atoms with E-state index in [0.717, 1.165) is 29.8 Å². The molecule has 1 N–H and O–H groups in total. The van der Waals surface area contributed by atoms with E-state index in [1.807, 2.05) is 0 Å². The number of hydrogen-bond donors (Lipinski definition) is 1. The Kier molecular flexibility index (Phi) is 7.18. The molecule has 1 heterocycles. The van der Waals surface area contributed by atoms with Crippen molar-refractivity contribution in [2.75, 3.05) is 5.32 Å². The molecule has 0 aliphatic heterocycles. The van der Waals surface area contributed by atoms with E-state index in [0.29, 0.717) is 5.56 Å². The molecular formula is C27H17ClF5NO3. The van der Waals surface area contributed by atoms with E-state index < -0.39 is 47.0 Å². The van der Waals surface area contributed by atoms with Gasteiger partial charge >= 0.3 is 11.8 Å². The van der Waals surface area contributed by atoms with Gasteiger partial charge in [-0.1, -0.05) is 42.0 Å². The number of carbonyl (C=O) groups is 1. The van der Waals surface area contributed by atoms with Crippen LogP contribution in [0.3, 0.4) is 0 Å². The second kappa shape index (κ2) is 10.2. The van der Waals surface area contributed by atoms with Crippen molar-refractivity contribution in [3.63, 3.8) is 0 Å². The van der Waals surface area contributed by atoms with E-state index in [4.69, 9.17) is 16.0 Å². The summed E-state index contributed by atoms with van der Waals surface area (Å²) in [6, 6.07) is 10.8. The lowest BCUT2D eigenvalue weighted by atomic mass is 9.94. The van der Waals surface area contributed by atoms with Crippen LogP contribution in [0.15, 0.2) is 69.9 Å². The topological polar surface area (TPSA) is 59.3 Å². The number of hydrogen-bond acceptors (Lipinski definition) is 3. The predicted octanol–water partition coefficient (Wildman–Crippen LogP) is 7.62. The minimum Gasteiger partial charge on any atom is -0.422 e. The number of anilines is 1. The summed E-state index contributed by atoms with van der Waals surface area (Å²) in [5.41, 5.74) is -1.92. The normalized spacial score (nSPS) is 11.9. The first kappa shape index (κ1) is 26.1. The van der Waals surface area contributed by atoms with E-state index in [-0.39, 0.29) is 33.2 Å². The lowest BCUT2D eigenvalue weighted by Gasteiger charge is -2.15. The number of alkyl halides is 3. The van der Waals surface area contributed by atoms with Gasteiger partial charge in [-0.2, -0.15) is 13.2 Å². The molecule has 4 aromatic rings. The number of nitrogens with one attached hydrogen (secondary N) is 1. The number of rotatable bonds is 5. The molecule has 190 valence electrons. The Morgan fingerprint density at radius 1 is 1.08 bits per heavy atom. The molecule has 0 saturated heterocycles. The van der Waals surface area contributed by atoms with Gasteiger partial charge in [0.05, 0.1) is 28.3 Å². The van der Waals surface area contributed by atoms with Crippen LogP contribution >= 0.6 is 11.6 Å². The predicted molar refractivity (Wildman–Crippen MR) is 131 cm³/mol. The minimum absolute atomic E-state index is 0.0371. The van der Waals surface area contributed by atoms with Crippen LogP contribution in [-0.2, 0) is 17.4 Å². The largest absolute Gasteiger partial charge is 0.422 e. The molecule has 1 amide bonds. The van der Waals surface area contributed by atoms with Crippen LogP contribution in [0.25, 0.3) is 28.2 Å². The maximum atomic E-state index is 14.4. The highest BCUT2D eigenvalue weighted by Crippen LogP contribution is 2.36. The number of allylic oxidation sites excluding steroid dienone is 1. The van der Waals surface area contributed by atoms with E-state index in [2.05, 4.69) is 5.32 Å². The van der Waals surface area contributed by atoms with Gasteiger partial charge in [-0.05, 0) is 48.4 Å². The van der Waals surface area contributed by atoms with Crippen molar-refractivity contribution >= 4 is 40.2 Å². The Balaban J connectivity index is 1.86. The highest BCUT2D eigenvalue weighted by Gasteiger charge is 2.34. The van der Waals surface area contributed by atoms with E-state index in [9.17, 15) is 31.5 Å². The number of halogens is 6. The van der Waals surface area contributed by atoms with Gasteiger partial charge in [-0.25, -0.2) is 13.6 Å². The van der Waals surface area contributed by atoms with Gasteiger partial charge in [0.1, 0.15) is 17.2 Å². The SMILES string of the molecule is C/C=C/c1cccc(-c2c(CC(=O)Nc3ccc(F)cc3C(F)(F)F)c(=O)oc3cc(Cl)c(F)cc23)c1. The molecule has 0 aliphatic carbocycles. The van der Waals surface area contributed by atoms with Crippen molar-refractivity contribution in [2.24, 2.45) is 0 Å². The molecule has 0 saturated carbocycles. The molecule has 4 nitrogen and oxygen atoms in total. The molecule has 0 radical (unpaired) electrons. The van der Waals surface area contributed by atoms with E-state index in [1.54, 1.807) is 43.3 Å². The van der Waals surface area contributed by atoms with Crippen LogP contribution < -0.4 is 10.9 Å². The summed E-state index contributed by atoms with van der Waals surface area (Å²) in [7, 11) is 0.